The molecule has 152 valence electrons. The van der Waals surface area contributed by atoms with Gasteiger partial charge in [0.2, 0.25) is 5.91 Å². The zero-order chi connectivity index (χ0) is 19.9. The van der Waals surface area contributed by atoms with E-state index in [0.29, 0.717) is 26.4 Å². The molecule has 2 heterocycles. The second-order valence-electron chi connectivity index (χ2n) is 7.13. The molecule has 2 aromatic rings. The van der Waals surface area contributed by atoms with Crippen molar-refractivity contribution < 1.29 is 23.7 Å². The quantitative estimate of drug-likeness (QED) is 0.495. The Balaban J connectivity index is 1.15. The van der Waals surface area contributed by atoms with Gasteiger partial charge in [-0.3, -0.25) is 4.79 Å². The van der Waals surface area contributed by atoms with Crippen molar-refractivity contribution in [3.05, 3.63) is 65.7 Å². The molecule has 2 saturated heterocycles. The SMILES string of the molecule is O=C(C=Cc1ccc(OC2COC2)cc1)NCCc1ccc(OCC2CO2)cc1. The number of hydrogen-bond acceptors (Lipinski definition) is 5. The maximum Gasteiger partial charge on any atom is 0.244 e. The van der Waals surface area contributed by atoms with Gasteiger partial charge in [0.25, 0.3) is 0 Å². The molecule has 4 rings (SSSR count). The summed E-state index contributed by atoms with van der Waals surface area (Å²) in [6, 6.07) is 15.6. The van der Waals surface area contributed by atoms with Gasteiger partial charge >= 0.3 is 0 Å². The fraction of sp³-hybridized carbons (Fsp3) is 0.348. The third kappa shape index (κ3) is 6.34. The average molecular weight is 395 g/mol. The molecule has 29 heavy (non-hydrogen) atoms. The van der Waals surface area contributed by atoms with E-state index in [1.807, 2.05) is 48.5 Å². The Morgan fingerprint density at radius 2 is 1.76 bits per heavy atom. The Morgan fingerprint density at radius 3 is 2.41 bits per heavy atom. The lowest BCUT2D eigenvalue weighted by Crippen LogP contribution is -2.38. The van der Waals surface area contributed by atoms with E-state index in [1.54, 1.807) is 12.2 Å². The summed E-state index contributed by atoms with van der Waals surface area (Å²) in [6.45, 7) is 3.27. The van der Waals surface area contributed by atoms with Gasteiger partial charge < -0.3 is 24.3 Å². The fourth-order valence-electron chi connectivity index (χ4n) is 2.80. The summed E-state index contributed by atoms with van der Waals surface area (Å²) in [6.07, 6.45) is 4.52. The number of hydrogen-bond donors (Lipinski definition) is 1. The molecule has 0 spiro atoms. The summed E-state index contributed by atoms with van der Waals surface area (Å²) < 4.78 is 21.6. The minimum Gasteiger partial charge on any atom is -0.491 e. The molecule has 0 aromatic heterocycles. The van der Waals surface area contributed by atoms with Crippen LogP contribution >= 0.6 is 0 Å². The zero-order valence-electron chi connectivity index (χ0n) is 16.2. The van der Waals surface area contributed by atoms with Crippen LogP contribution in [0, 0.1) is 0 Å². The molecule has 2 fully saturated rings. The minimum absolute atomic E-state index is 0.110. The Hall–Kier alpha value is -2.83. The first-order valence-corrected chi connectivity index (χ1v) is 9.88. The average Bonchev–Trinajstić information content (AvgIpc) is 3.54. The fourth-order valence-corrected chi connectivity index (χ4v) is 2.80. The Morgan fingerprint density at radius 1 is 1.03 bits per heavy atom. The molecule has 0 radical (unpaired) electrons. The van der Waals surface area contributed by atoms with Gasteiger partial charge in [0.05, 0.1) is 19.8 Å². The number of rotatable bonds is 10. The molecule has 1 atom stereocenters. The highest BCUT2D eigenvalue weighted by molar-refractivity contribution is 5.91. The van der Waals surface area contributed by atoms with Crippen molar-refractivity contribution in [1.82, 2.24) is 5.32 Å². The van der Waals surface area contributed by atoms with Crippen molar-refractivity contribution in [2.24, 2.45) is 0 Å². The molecule has 6 heteroatoms. The van der Waals surface area contributed by atoms with Crippen LogP contribution in [0.4, 0.5) is 0 Å². The summed E-state index contributed by atoms with van der Waals surface area (Å²) in [5.74, 6) is 1.55. The lowest BCUT2D eigenvalue weighted by Gasteiger charge is -2.26. The van der Waals surface area contributed by atoms with E-state index in [1.165, 1.54) is 0 Å². The largest absolute Gasteiger partial charge is 0.491 e. The summed E-state index contributed by atoms with van der Waals surface area (Å²) in [4.78, 5) is 12.0. The highest BCUT2D eigenvalue weighted by Gasteiger charge is 2.23. The van der Waals surface area contributed by atoms with Crippen LogP contribution in [0.3, 0.4) is 0 Å². The molecule has 1 N–H and O–H groups in total. The van der Waals surface area contributed by atoms with Crippen molar-refractivity contribution in [1.29, 1.82) is 0 Å². The first-order chi connectivity index (χ1) is 14.2. The molecule has 0 saturated carbocycles. The summed E-state index contributed by atoms with van der Waals surface area (Å²) >= 11 is 0. The predicted octanol–water partition coefficient (Wildman–Crippen LogP) is 2.61. The number of carbonyl (C=O) groups excluding carboxylic acids is 1. The van der Waals surface area contributed by atoms with E-state index in [-0.39, 0.29) is 18.1 Å². The third-order valence-corrected chi connectivity index (χ3v) is 4.69. The van der Waals surface area contributed by atoms with Crippen LogP contribution in [0.5, 0.6) is 11.5 Å². The number of amides is 1. The number of nitrogens with one attached hydrogen (secondary N) is 1. The molecule has 1 amide bonds. The van der Waals surface area contributed by atoms with Gasteiger partial charge in [-0.15, -0.1) is 0 Å². The highest BCUT2D eigenvalue weighted by Crippen LogP contribution is 2.18. The maximum absolute atomic E-state index is 12.0. The molecule has 0 aliphatic carbocycles. The van der Waals surface area contributed by atoms with Crippen LogP contribution in [0.2, 0.25) is 0 Å². The van der Waals surface area contributed by atoms with Crippen LogP contribution in [0.25, 0.3) is 6.08 Å². The number of carbonyl (C=O) groups is 1. The van der Waals surface area contributed by atoms with Crippen molar-refractivity contribution in [3.8, 4) is 11.5 Å². The van der Waals surface area contributed by atoms with Crippen LogP contribution < -0.4 is 14.8 Å². The van der Waals surface area contributed by atoms with Crippen molar-refractivity contribution in [2.75, 3.05) is 33.0 Å². The van der Waals surface area contributed by atoms with Crippen LogP contribution in [-0.4, -0.2) is 51.1 Å². The second kappa shape index (κ2) is 9.58. The molecule has 6 nitrogen and oxygen atoms in total. The predicted molar refractivity (Wildman–Crippen MR) is 109 cm³/mol. The van der Waals surface area contributed by atoms with E-state index < -0.39 is 0 Å². The molecule has 2 aliphatic heterocycles. The van der Waals surface area contributed by atoms with Gasteiger partial charge in [-0.1, -0.05) is 24.3 Å². The molecule has 2 aliphatic rings. The van der Waals surface area contributed by atoms with Crippen LogP contribution in [-0.2, 0) is 20.7 Å². The van der Waals surface area contributed by atoms with E-state index in [0.717, 1.165) is 35.7 Å². The van der Waals surface area contributed by atoms with Gasteiger partial charge in [0, 0.05) is 12.6 Å². The Bertz CT molecular complexity index is 823. The van der Waals surface area contributed by atoms with E-state index in [4.69, 9.17) is 18.9 Å². The first kappa shape index (κ1) is 19.5. The maximum atomic E-state index is 12.0. The monoisotopic (exact) mass is 395 g/mol. The van der Waals surface area contributed by atoms with E-state index >= 15 is 0 Å². The van der Waals surface area contributed by atoms with Gasteiger partial charge in [-0.2, -0.15) is 0 Å². The summed E-state index contributed by atoms with van der Waals surface area (Å²) in [5.41, 5.74) is 2.10. The second-order valence-corrected chi connectivity index (χ2v) is 7.13. The van der Waals surface area contributed by atoms with Crippen molar-refractivity contribution in [2.45, 2.75) is 18.6 Å². The summed E-state index contributed by atoms with van der Waals surface area (Å²) in [5, 5.41) is 2.90. The van der Waals surface area contributed by atoms with Crippen LogP contribution in [0.15, 0.2) is 54.6 Å². The molecular formula is C23H25NO5. The third-order valence-electron chi connectivity index (χ3n) is 4.69. The van der Waals surface area contributed by atoms with Gasteiger partial charge in [-0.25, -0.2) is 0 Å². The van der Waals surface area contributed by atoms with E-state index in [9.17, 15) is 4.79 Å². The normalized spacial score (nSPS) is 18.3. The minimum atomic E-state index is -0.110. The number of benzene rings is 2. The number of epoxide rings is 1. The Labute approximate surface area is 170 Å². The summed E-state index contributed by atoms with van der Waals surface area (Å²) in [7, 11) is 0. The first-order valence-electron chi connectivity index (χ1n) is 9.88. The Kier molecular flexibility index (Phi) is 6.44. The molecular weight excluding hydrogens is 370 g/mol. The topological polar surface area (TPSA) is 69.3 Å². The lowest BCUT2D eigenvalue weighted by molar-refractivity contribution is -0.116. The van der Waals surface area contributed by atoms with Crippen molar-refractivity contribution in [3.63, 3.8) is 0 Å². The highest BCUT2D eigenvalue weighted by atomic mass is 16.6. The van der Waals surface area contributed by atoms with Crippen LogP contribution in [0.1, 0.15) is 11.1 Å². The number of ether oxygens (including phenoxy) is 4. The smallest absolute Gasteiger partial charge is 0.244 e. The van der Waals surface area contributed by atoms with Gasteiger partial charge in [0.15, 0.2) is 0 Å². The van der Waals surface area contributed by atoms with E-state index in [2.05, 4.69) is 5.32 Å². The zero-order valence-corrected chi connectivity index (χ0v) is 16.2. The van der Waals surface area contributed by atoms with Crippen molar-refractivity contribution >= 4 is 12.0 Å². The standard InChI is InChI=1S/C23H25NO5/c25-23(10-5-17-3-8-20(9-4-17)29-22-13-26-14-22)24-12-11-18-1-6-19(7-2-18)27-15-21-16-28-21/h1-10,21-22H,11-16H2,(H,24,25). The molecule has 0 bridgehead atoms. The van der Waals surface area contributed by atoms with Gasteiger partial charge in [-0.05, 0) is 47.9 Å². The molecule has 1 unspecified atom stereocenters. The lowest BCUT2D eigenvalue weighted by atomic mass is 10.1. The van der Waals surface area contributed by atoms with Gasteiger partial charge in [0.1, 0.15) is 30.3 Å². The molecule has 2 aromatic carbocycles.